The highest BCUT2D eigenvalue weighted by Gasteiger charge is 2.13. The standard InChI is InChI=1S/C12H12N4O/c1-16-10-5-3-2-4-9(10)14-12(16)11-6-8(7-13)15-17-11/h2-6H,7,13H2,1H3. The maximum absolute atomic E-state index is 5.50. The molecule has 5 heteroatoms. The lowest BCUT2D eigenvalue weighted by Crippen LogP contribution is -1.95. The quantitative estimate of drug-likeness (QED) is 0.724. The van der Waals surface area contributed by atoms with Crippen LogP contribution in [0.1, 0.15) is 5.69 Å². The highest BCUT2D eigenvalue weighted by atomic mass is 16.5. The number of rotatable bonds is 2. The molecule has 0 bridgehead atoms. The molecule has 0 atom stereocenters. The monoisotopic (exact) mass is 228 g/mol. The summed E-state index contributed by atoms with van der Waals surface area (Å²) in [6, 6.07) is 9.76. The number of para-hydroxylation sites is 2. The minimum Gasteiger partial charge on any atom is -0.353 e. The smallest absolute Gasteiger partial charge is 0.202 e. The van der Waals surface area contributed by atoms with Crippen molar-refractivity contribution in [1.82, 2.24) is 14.7 Å². The highest BCUT2D eigenvalue weighted by Crippen LogP contribution is 2.23. The number of aryl methyl sites for hydroxylation is 1. The normalized spacial score (nSPS) is 11.2. The van der Waals surface area contributed by atoms with Gasteiger partial charge in [0.1, 0.15) is 0 Å². The summed E-state index contributed by atoms with van der Waals surface area (Å²) in [6.07, 6.45) is 0. The maximum Gasteiger partial charge on any atom is 0.202 e. The van der Waals surface area contributed by atoms with Gasteiger partial charge in [-0.05, 0) is 12.1 Å². The Kier molecular flexibility index (Phi) is 2.19. The molecule has 0 aliphatic carbocycles. The van der Waals surface area contributed by atoms with Crippen molar-refractivity contribution < 1.29 is 4.52 Å². The van der Waals surface area contributed by atoms with Crippen molar-refractivity contribution in [3.63, 3.8) is 0 Å². The molecule has 0 aliphatic rings. The van der Waals surface area contributed by atoms with Gasteiger partial charge in [-0.25, -0.2) is 4.98 Å². The van der Waals surface area contributed by atoms with E-state index in [2.05, 4.69) is 10.1 Å². The molecular weight excluding hydrogens is 216 g/mol. The molecule has 3 aromatic rings. The zero-order valence-electron chi connectivity index (χ0n) is 9.42. The van der Waals surface area contributed by atoms with Gasteiger partial charge in [0.25, 0.3) is 0 Å². The van der Waals surface area contributed by atoms with Crippen LogP contribution in [0.2, 0.25) is 0 Å². The molecule has 1 aromatic carbocycles. The summed E-state index contributed by atoms with van der Waals surface area (Å²) in [5.41, 5.74) is 8.24. The van der Waals surface area contributed by atoms with Gasteiger partial charge in [-0.15, -0.1) is 0 Å². The SMILES string of the molecule is Cn1c(-c2cc(CN)no2)nc2ccccc21. The van der Waals surface area contributed by atoms with Gasteiger partial charge in [0.05, 0.1) is 16.7 Å². The fourth-order valence-electron chi connectivity index (χ4n) is 1.88. The third-order valence-electron chi connectivity index (χ3n) is 2.78. The van der Waals surface area contributed by atoms with Gasteiger partial charge in [0, 0.05) is 19.7 Å². The summed E-state index contributed by atoms with van der Waals surface area (Å²) in [4.78, 5) is 4.52. The number of hydrogen-bond acceptors (Lipinski definition) is 4. The van der Waals surface area contributed by atoms with Gasteiger partial charge in [-0.3, -0.25) is 0 Å². The Morgan fingerprint density at radius 2 is 2.18 bits per heavy atom. The Morgan fingerprint density at radius 1 is 1.35 bits per heavy atom. The van der Waals surface area contributed by atoms with Crippen molar-refractivity contribution in [3.05, 3.63) is 36.0 Å². The molecule has 0 aliphatic heterocycles. The van der Waals surface area contributed by atoms with E-state index in [0.29, 0.717) is 12.3 Å². The number of hydrogen-bond donors (Lipinski definition) is 1. The third kappa shape index (κ3) is 1.52. The number of aromatic nitrogens is 3. The third-order valence-corrected chi connectivity index (χ3v) is 2.78. The van der Waals surface area contributed by atoms with E-state index in [4.69, 9.17) is 10.3 Å². The van der Waals surface area contributed by atoms with Crippen molar-refractivity contribution in [2.75, 3.05) is 0 Å². The van der Waals surface area contributed by atoms with Crippen LogP contribution >= 0.6 is 0 Å². The zero-order valence-corrected chi connectivity index (χ0v) is 9.42. The van der Waals surface area contributed by atoms with E-state index >= 15 is 0 Å². The first-order valence-electron chi connectivity index (χ1n) is 5.37. The number of fused-ring (bicyclic) bond motifs is 1. The second kappa shape index (κ2) is 3.71. The van der Waals surface area contributed by atoms with Gasteiger partial charge >= 0.3 is 0 Å². The van der Waals surface area contributed by atoms with E-state index in [1.807, 2.05) is 41.9 Å². The van der Waals surface area contributed by atoms with Gasteiger partial charge in [-0.2, -0.15) is 0 Å². The van der Waals surface area contributed by atoms with Crippen LogP contribution in [0.25, 0.3) is 22.6 Å². The average Bonchev–Trinajstić information content (AvgIpc) is 2.95. The van der Waals surface area contributed by atoms with Crippen LogP contribution in [0.5, 0.6) is 0 Å². The molecule has 0 spiro atoms. The number of imidazole rings is 1. The lowest BCUT2D eigenvalue weighted by molar-refractivity contribution is 0.420. The van der Waals surface area contributed by atoms with Crippen molar-refractivity contribution >= 4 is 11.0 Å². The summed E-state index contributed by atoms with van der Waals surface area (Å²) < 4.78 is 7.22. The van der Waals surface area contributed by atoms with E-state index < -0.39 is 0 Å². The maximum atomic E-state index is 5.50. The number of nitrogens with zero attached hydrogens (tertiary/aromatic N) is 3. The first-order chi connectivity index (χ1) is 8.29. The van der Waals surface area contributed by atoms with E-state index in [9.17, 15) is 0 Å². The van der Waals surface area contributed by atoms with Crippen LogP contribution in [0.3, 0.4) is 0 Å². The molecule has 0 saturated heterocycles. The van der Waals surface area contributed by atoms with Gasteiger partial charge in [0.15, 0.2) is 5.82 Å². The molecule has 3 rings (SSSR count). The van der Waals surface area contributed by atoms with Crippen LogP contribution < -0.4 is 5.73 Å². The number of benzene rings is 1. The van der Waals surface area contributed by atoms with Crippen molar-refractivity contribution in [2.45, 2.75) is 6.54 Å². The predicted molar refractivity (Wildman–Crippen MR) is 64.1 cm³/mol. The minimum absolute atomic E-state index is 0.368. The van der Waals surface area contributed by atoms with E-state index in [1.54, 1.807) is 0 Å². The Morgan fingerprint density at radius 3 is 2.88 bits per heavy atom. The van der Waals surface area contributed by atoms with Crippen LogP contribution in [0.4, 0.5) is 0 Å². The molecule has 2 N–H and O–H groups in total. The number of nitrogens with two attached hydrogens (primary N) is 1. The van der Waals surface area contributed by atoms with E-state index in [-0.39, 0.29) is 0 Å². The topological polar surface area (TPSA) is 69.9 Å². The Balaban J connectivity index is 2.20. The second-order valence-corrected chi connectivity index (χ2v) is 3.87. The summed E-state index contributed by atoms with van der Waals surface area (Å²) in [7, 11) is 1.95. The molecule has 0 amide bonds. The van der Waals surface area contributed by atoms with Crippen molar-refractivity contribution in [3.8, 4) is 11.6 Å². The van der Waals surface area contributed by atoms with Gasteiger partial charge < -0.3 is 14.8 Å². The van der Waals surface area contributed by atoms with E-state index in [0.717, 1.165) is 22.6 Å². The van der Waals surface area contributed by atoms with Crippen LogP contribution in [-0.4, -0.2) is 14.7 Å². The summed E-state index contributed by atoms with van der Waals surface area (Å²) in [6.45, 7) is 0.368. The summed E-state index contributed by atoms with van der Waals surface area (Å²) in [5.74, 6) is 1.41. The fraction of sp³-hybridized carbons (Fsp3) is 0.167. The summed E-state index contributed by atoms with van der Waals surface area (Å²) >= 11 is 0. The average molecular weight is 228 g/mol. The lowest BCUT2D eigenvalue weighted by Gasteiger charge is -1.96. The summed E-state index contributed by atoms with van der Waals surface area (Å²) in [5, 5.41) is 3.87. The van der Waals surface area contributed by atoms with Gasteiger partial charge in [0.2, 0.25) is 5.76 Å². The zero-order chi connectivity index (χ0) is 11.8. The molecular formula is C12H12N4O. The van der Waals surface area contributed by atoms with Crippen molar-refractivity contribution in [2.24, 2.45) is 12.8 Å². The molecule has 17 heavy (non-hydrogen) atoms. The van der Waals surface area contributed by atoms with E-state index in [1.165, 1.54) is 0 Å². The fourth-order valence-corrected chi connectivity index (χ4v) is 1.88. The molecule has 0 radical (unpaired) electrons. The molecule has 86 valence electrons. The van der Waals surface area contributed by atoms with Crippen LogP contribution in [-0.2, 0) is 13.6 Å². The largest absolute Gasteiger partial charge is 0.353 e. The Bertz CT molecular complexity index is 668. The first-order valence-corrected chi connectivity index (χ1v) is 5.37. The first kappa shape index (κ1) is 10.0. The van der Waals surface area contributed by atoms with Crippen molar-refractivity contribution in [1.29, 1.82) is 0 Å². The highest BCUT2D eigenvalue weighted by molar-refractivity contribution is 5.79. The lowest BCUT2D eigenvalue weighted by atomic mass is 10.3. The molecule has 0 unspecified atom stereocenters. The van der Waals surface area contributed by atoms with Crippen LogP contribution in [0.15, 0.2) is 34.9 Å². The molecule has 0 saturated carbocycles. The molecule has 2 heterocycles. The second-order valence-electron chi connectivity index (χ2n) is 3.87. The predicted octanol–water partition coefficient (Wildman–Crippen LogP) is 1.69. The molecule has 5 nitrogen and oxygen atoms in total. The van der Waals surface area contributed by atoms with Gasteiger partial charge in [-0.1, -0.05) is 17.3 Å². The van der Waals surface area contributed by atoms with Crippen LogP contribution in [0, 0.1) is 0 Å². The minimum atomic E-state index is 0.368. The molecule has 0 fully saturated rings. The Hall–Kier alpha value is -2.14. The Labute approximate surface area is 97.8 Å². The molecule has 2 aromatic heterocycles.